The van der Waals surface area contributed by atoms with Gasteiger partial charge in [0.25, 0.3) is 0 Å². The first-order chi connectivity index (χ1) is 12.5. The van der Waals surface area contributed by atoms with Crippen LogP contribution in [0.3, 0.4) is 0 Å². The molecular weight excluding hydrogens is 326 g/mol. The van der Waals surface area contributed by atoms with Crippen molar-refractivity contribution < 1.29 is 9.59 Å². The molecule has 5 heteroatoms. The van der Waals surface area contributed by atoms with Gasteiger partial charge in [-0.2, -0.15) is 0 Å². The molecule has 0 saturated carbocycles. The number of carbonyl (C=O) groups excluding carboxylic acids is 2. The number of carbonyl (C=O) groups is 2. The van der Waals surface area contributed by atoms with E-state index in [0.717, 1.165) is 28.9 Å². The van der Waals surface area contributed by atoms with Crippen molar-refractivity contribution in [2.75, 3.05) is 23.3 Å². The Morgan fingerprint density at radius 3 is 2.50 bits per heavy atom. The highest BCUT2D eigenvalue weighted by Crippen LogP contribution is 2.25. The maximum absolute atomic E-state index is 12.9. The fourth-order valence-electron chi connectivity index (χ4n) is 3.29. The van der Waals surface area contributed by atoms with Gasteiger partial charge in [-0.3, -0.25) is 4.79 Å². The molecule has 5 nitrogen and oxygen atoms in total. The number of hydrogen-bond donors (Lipinski definition) is 1. The molecule has 0 spiro atoms. The summed E-state index contributed by atoms with van der Waals surface area (Å²) >= 11 is 0. The minimum atomic E-state index is -0.501. The summed E-state index contributed by atoms with van der Waals surface area (Å²) < 4.78 is 0. The molecular formula is C21H25N3O2. The molecule has 0 unspecified atom stereocenters. The summed E-state index contributed by atoms with van der Waals surface area (Å²) in [6.07, 6.45) is 0.867. The fourth-order valence-corrected chi connectivity index (χ4v) is 3.29. The minimum Gasteiger partial charge on any atom is -0.311 e. The van der Waals surface area contributed by atoms with Crippen molar-refractivity contribution in [2.24, 2.45) is 0 Å². The lowest BCUT2D eigenvalue weighted by atomic mass is 10.1. The zero-order valence-corrected chi connectivity index (χ0v) is 15.5. The molecule has 1 atom stereocenters. The number of hydrogen-bond acceptors (Lipinski definition) is 2. The highest BCUT2D eigenvalue weighted by Gasteiger charge is 2.35. The van der Waals surface area contributed by atoms with Crippen LogP contribution >= 0.6 is 0 Å². The van der Waals surface area contributed by atoms with E-state index in [0.29, 0.717) is 13.1 Å². The van der Waals surface area contributed by atoms with Crippen LogP contribution < -0.4 is 10.2 Å². The predicted octanol–water partition coefficient (Wildman–Crippen LogP) is 3.83. The van der Waals surface area contributed by atoms with Crippen molar-refractivity contribution in [3.8, 4) is 0 Å². The second-order valence-corrected chi connectivity index (χ2v) is 6.64. The number of nitrogens with zero attached hydrogens (tertiary/aromatic N) is 2. The van der Waals surface area contributed by atoms with Crippen molar-refractivity contribution in [3.63, 3.8) is 0 Å². The normalized spacial score (nSPS) is 17.3. The Hall–Kier alpha value is -2.82. The maximum Gasteiger partial charge on any atom is 0.322 e. The number of urea groups is 1. The Morgan fingerprint density at radius 2 is 1.81 bits per heavy atom. The molecule has 2 aromatic carbocycles. The molecule has 0 aromatic heterocycles. The van der Waals surface area contributed by atoms with E-state index in [2.05, 4.69) is 12.2 Å². The van der Waals surface area contributed by atoms with Crippen LogP contribution in [0.15, 0.2) is 48.5 Å². The summed E-state index contributed by atoms with van der Waals surface area (Å²) in [5, 5.41) is 2.88. The smallest absolute Gasteiger partial charge is 0.311 e. The Morgan fingerprint density at radius 1 is 1.12 bits per heavy atom. The lowest BCUT2D eigenvalue weighted by Gasteiger charge is -2.39. The molecule has 1 heterocycles. The Kier molecular flexibility index (Phi) is 5.26. The number of benzene rings is 2. The van der Waals surface area contributed by atoms with Gasteiger partial charge in [0.2, 0.25) is 5.91 Å². The average Bonchev–Trinajstić information content (AvgIpc) is 2.65. The van der Waals surface area contributed by atoms with Crippen LogP contribution in [0.5, 0.6) is 0 Å². The predicted molar refractivity (Wildman–Crippen MR) is 105 cm³/mol. The van der Waals surface area contributed by atoms with Gasteiger partial charge in [0.1, 0.15) is 6.04 Å². The molecule has 1 fully saturated rings. The van der Waals surface area contributed by atoms with E-state index >= 15 is 0 Å². The van der Waals surface area contributed by atoms with E-state index in [1.807, 2.05) is 55.5 Å². The lowest BCUT2D eigenvalue weighted by Crippen LogP contribution is -2.58. The Balaban J connectivity index is 1.73. The van der Waals surface area contributed by atoms with E-state index in [1.54, 1.807) is 16.7 Å². The Bertz CT molecular complexity index is 801. The van der Waals surface area contributed by atoms with Crippen molar-refractivity contribution in [3.05, 3.63) is 59.7 Å². The number of amides is 3. The molecule has 2 aromatic rings. The van der Waals surface area contributed by atoms with Crippen LogP contribution in [0.4, 0.5) is 16.2 Å². The van der Waals surface area contributed by atoms with E-state index < -0.39 is 6.04 Å². The third-order valence-corrected chi connectivity index (χ3v) is 4.88. The molecule has 1 saturated heterocycles. The number of rotatable bonds is 3. The van der Waals surface area contributed by atoms with Crippen molar-refractivity contribution in [1.29, 1.82) is 0 Å². The van der Waals surface area contributed by atoms with Gasteiger partial charge in [0.05, 0.1) is 0 Å². The first-order valence-corrected chi connectivity index (χ1v) is 9.05. The number of piperazine rings is 1. The molecule has 136 valence electrons. The molecule has 1 N–H and O–H groups in total. The van der Waals surface area contributed by atoms with E-state index in [9.17, 15) is 9.59 Å². The highest BCUT2D eigenvalue weighted by atomic mass is 16.2. The third-order valence-electron chi connectivity index (χ3n) is 4.88. The monoisotopic (exact) mass is 351 g/mol. The molecule has 0 bridgehead atoms. The summed E-state index contributed by atoms with van der Waals surface area (Å²) in [6, 6.07) is 14.9. The van der Waals surface area contributed by atoms with E-state index in [1.165, 1.54) is 0 Å². The van der Waals surface area contributed by atoms with Crippen LogP contribution in [0.1, 0.15) is 25.0 Å². The molecule has 1 aliphatic heterocycles. The summed E-state index contributed by atoms with van der Waals surface area (Å²) in [7, 11) is 0. The average molecular weight is 351 g/mol. The highest BCUT2D eigenvalue weighted by molar-refractivity contribution is 6.02. The molecule has 3 rings (SSSR count). The second kappa shape index (κ2) is 7.60. The quantitative estimate of drug-likeness (QED) is 0.914. The van der Waals surface area contributed by atoms with E-state index in [-0.39, 0.29) is 11.9 Å². The van der Waals surface area contributed by atoms with Gasteiger partial charge in [-0.1, -0.05) is 42.8 Å². The SMILES string of the molecule is CCc1ccccc1N1CCN(C(=O)Nc2ccc(C)cc2)[C@H](C)C1=O. The lowest BCUT2D eigenvalue weighted by molar-refractivity contribution is -0.123. The standard InChI is InChI=1S/C21H25N3O2/c1-4-17-7-5-6-8-19(17)24-14-13-23(16(3)20(24)25)21(26)22-18-11-9-15(2)10-12-18/h5-12,16H,4,13-14H2,1-3H3,(H,22,26)/t16-/m1/s1. The van der Waals surface area contributed by atoms with Crippen LogP contribution in [0.2, 0.25) is 0 Å². The summed E-state index contributed by atoms with van der Waals surface area (Å²) in [5.74, 6) is -0.0452. The largest absolute Gasteiger partial charge is 0.322 e. The number of aryl methyl sites for hydroxylation is 2. The molecule has 0 aliphatic carbocycles. The topological polar surface area (TPSA) is 52.6 Å². The molecule has 0 radical (unpaired) electrons. The number of anilines is 2. The van der Waals surface area contributed by atoms with Crippen LogP contribution in [-0.4, -0.2) is 36.0 Å². The van der Waals surface area contributed by atoms with Crippen LogP contribution in [-0.2, 0) is 11.2 Å². The first kappa shape index (κ1) is 18.0. The van der Waals surface area contributed by atoms with Crippen LogP contribution in [0.25, 0.3) is 0 Å². The zero-order valence-electron chi connectivity index (χ0n) is 15.5. The van der Waals surface area contributed by atoms with Gasteiger partial charge in [-0.15, -0.1) is 0 Å². The van der Waals surface area contributed by atoms with Gasteiger partial charge in [-0.25, -0.2) is 4.79 Å². The van der Waals surface area contributed by atoms with Gasteiger partial charge in [0.15, 0.2) is 0 Å². The minimum absolute atomic E-state index is 0.0452. The van der Waals surface area contributed by atoms with E-state index in [4.69, 9.17) is 0 Å². The fraction of sp³-hybridized carbons (Fsp3) is 0.333. The molecule has 3 amide bonds. The van der Waals surface area contributed by atoms with Gasteiger partial charge in [-0.05, 0) is 44.0 Å². The van der Waals surface area contributed by atoms with Crippen molar-refractivity contribution in [2.45, 2.75) is 33.2 Å². The van der Waals surface area contributed by atoms with Gasteiger partial charge < -0.3 is 15.1 Å². The summed E-state index contributed by atoms with van der Waals surface area (Å²) in [4.78, 5) is 28.9. The van der Waals surface area contributed by atoms with Crippen molar-refractivity contribution >= 4 is 23.3 Å². The Labute approximate surface area is 154 Å². The summed E-state index contributed by atoms with van der Waals surface area (Å²) in [6.45, 7) is 6.87. The number of para-hydroxylation sites is 1. The van der Waals surface area contributed by atoms with Crippen LogP contribution in [0, 0.1) is 6.92 Å². The van der Waals surface area contributed by atoms with Gasteiger partial charge >= 0.3 is 6.03 Å². The summed E-state index contributed by atoms with van der Waals surface area (Å²) in [5.41, 5.74) is 3.96. The zero-order chi connectivity index (χ0) is 18.7. The van der Waals surface area contributed by atoms with Crippen molar-refractivity contribution in [1.82, 2.24) is 4.90 Å². The molecule has 26 heavy (non-hydrogen) atoms. The third kappa shape index (κ3) is 3.57. The molecule has 1 aliphatic rings. The van der Waals surface area contributed by atoms with Gasteiger partial charge in [0, 0.05) is 24.5 Å². The second-order valence-electron chi connectivity index (χ2n) is 6.64. The maximum atomic E-state index is 12.9. The number of nitrogens with one attached hydrogen (secondary N) is 1. The first-order valence-electron chi connectivity index (χ1n) is 9.05.